The Morgan fingerprint density at radius 3 is 1.79 bits per heavy atom. The fourth-order valence-electron chi connectivity index (χ4n) is 5.07. The van der Waals surface area contributed by atoms with Gasteiger partial charge in [0.15, 0.2) is 18.3 Å². The van der Waals surface area contributed by atoms with E-state index in [1.807, 2.05) is 0 Å². The van der Waals surface area contributed by atoms with Gasteiger partial charge in [-0.2, -0.15) is 0 Å². The summed E-state index contributed by atoms with van der Waals surface area (Å²) in [5, 5.41) is 84.0. The molecule has 226 valence electrons. The van der Waals surface area contributed by atoms with Gasteiger partial charge in [-0.3, -0.25) is 5.32 Å². The number of aliphatic hydroxyl groups excluding tert-OH is 8. The first-order valence-corrected chi connectivity index (χ1v) is 14.3. The predicted octanol–water partition coefficient (Wildman–Crippen LogP) is -0.779. The zero-order valence-corrected chi connectivity index (χ0v) is 22.6. The summed E-state index contributed by atoms with van der Waals surface area (Å²) in [6.07, 6.45) is -0.807. The number of nitrogens with one attached hydrogen (secondary N) is 1. The van der Waals surface area contributed by atoms with Crippen LogP contribution in [0.5, 0.6) is 0 Å². The number of rotatable bonds is 18. The maximum absolute atomic E-state index is 10.6. The molecule has 0 aliphatic carbocycles. The molecule has 9 N–H and O–H groups in total. The standard InChI is InChI=1S/C26H51NO11/c1-2-3-4-5-6-7-8-9-10-11-12-13-14-27-26(16-29)23(34)19(31)21(33)25(38-26)37-22-17(15-28)36-24(35)20(32)18(22)30/h17-25,27-35H,2-16H2,1H3/t17-,18-,19-,20-,21-,22-,23-,24-,25+,26-/m1/s1. The number of unbranched alkanes of at least 4 members (excludes halogenated alkanes) is 11. The lowest BCUT2D eigenvalue weighted by atomic mass is 9.93. The van der Waals surface area contributed by atoms with Gasteiger partial charge >= 0.3 is 0 Å². The van der Waals surface area contributed by atoms with Crippen LogP contribution in [-0.2, 0) is 14.2 Å². The molecule has 0 saturated carbocycles. The van der Waals surface area contributed by atoms with Crippen molar-refractivity contribution in [2.45, 2.75) is 145 Å². The van der Waals surface area contributed by atoms with Crippen LogP contribution in [0.2, 0.25) is 0 Å². The summed E-state index contributed by atoms with van der Waals surface area (Å²) in [6.45, 7) is 1.12. The molecule has 0 bridgehead atoms. The van der Waals surface area contributed by atoms with Crippen molar-refractivity contribution in [2.75, 3.05) is 19.8 Å². The highest BCUT2D eigenvalue weighted by atomic mass is 16.7. The normalized spacial score (nSPS) is 38.0. The molecule has 2 fully saturated rings. The Hall–Kier alpha value is -0.480. The van der Waals surface area contributed by atoms with E-state index in [2.05, 4.69) is 12.2 Å². The second-order valence-corrected chi connectivity index (χ2v) is 10.6. The Morgan fingerprint density at radius 2 is 1.26 bits per heavy atom. The van der Waals surface area contributed by atoms with Crippen LogP contribution >= 0.6 is 0 Å². The average Bonchev–Trinajstić information content (AvgIpc) is 2.92. The largest absolute Gasteiger partial charge is 0.394 e. The summed E-state index contributed by atoms with van der Waals surface area (Å²) < 4.78 is 16.3. The number of hydrogen-bond acceptors (Lipinski definition) is 12. The van der Waals surface area contributed by atoms with E-state index < -0.39 is 74.2 Å². The molecule has 2 heterocycles. The van der Waals surface area contributed by atoms with Crippen LogP contribution in [-0.4, -0.2) is 122 Å². The lowest BCUT2D eigenvalue weighted by molar-refractivity contribution is -0.380. The van der Waals surface area contributed by atoms with E-state index in [4.69, 9.17) is 14.2 Å². The topological polar surface area (TPSA) is 202 Å². The zero-order valence-electron chi connectivity index (χ0n) is 22.6. The smallest absolute Gasteiger partial charge is 0.189 e. The van der Waals surface area contributed by atoms with E-state index >= 15 is 0 Å². The van der Waals surface area contributed by atoms with Crippen molar-refractivity contribution in [2.24, 2.45) is 0 Å². The van der Waals surface area contributed by atoms with Crippen molar-refractivity contribution < 1.29 is 55.1 Å². The van der Waals surface area contributed by atoms with E-state index in [9.17, 15) is 40.9 Å². The Labute approximate surface area is 225 Å². The molecular formula is C26H51NO11. The van der Waals surface area contributed by atoms with Crippen molar-refractivity contribution in [3.05, 3.63) is 0 Å². The lowest BCUT2D eigenvalue weighted by Gasteiger charge is -2.50. The highest BCUT2D eigenvalue weighted by molar-refractivity contribution is 4.99. The molecular weight excluding hydrogens is 502 g/mol. The number of aliphatic hydroxyl groups is 8. The van der Waals surface area contributed by atoms with Crippen LogP contribution in [0.4, 0.5) is 0 Å². The molecule has 2 aliphatic heterocycles. The Kier molecular flexibility index (Phi) is 15.4. The molecule has 0 aromatic rings. The third-order valence-corrected chi connectivity index (χ3v) is 7.58. The maximum Gasteiger partial charge on any atom is 0.189 e. The van der Waals surface area contributed by atoms with Gasteiger partial charge in [-0.25, -0.2) is 0 Å². The van der Waals surface area contributed by atoms with E-state index in [0.717, 1.165) is 25.7 Å². The Morgan fingerprint density at radius 1 is 0.711 bits per heavy atom. The molecule has 0 aromatic heterocycles. The minimum absolute atomic E-state index is 0.351. The first-order valence-electron chi connectivity index (χ1n) is 14.3. The fourth-order valence-corrected chi connectivity index (χ4v) is 5.07. The van der Waals surface area contributed by atoms with Crippen molar-refractivity contribution in [1.82, 2.24) is 5.32 Å². The van der Waals surface area contributed by atoms with Crippen molar-refractivity contribution >= 4 is 0 Å². The molecule has 0 radical (unpaired) electrons. The predicted molar refractivity (Wildman–Crippen MR) is 137 cm³/mol. The number of ether oxygens (including phenoxy) is 3. The third kappa shape index (κ3) is 9.28. The van der Waals surface area contributed by atoms with Crippen LogP contribution in [0.1, 0.15) is 84.0 Å². The molecule has 0 amide bonds. The summed E-state index contributed by atoms with van der Waals surface area (Å²) >= 11 is 0. The van der Waals surface area contributed by atoms with Gasteiger partial charge in [-0.1, -0.05) is 77.6 Å². The van der Waals surface area contributed by atoms with Crippen molar-refractivity contribution in [1.29, 1.82) is 0 Å². The third-order valence-electron chi connectivity index (χ3n) is 7.58. The van der Waals surface area contributed by atoms with Gasteiger partial charge in [0.25, 0.3) is 0 Å². The lowest BCUT2D eigenvalue weighted by Crippen LogP contribution is -2.73. The van der Waals surface area contributed by atoms with Gasteiger partial charge < -0.3 is 55.1 Å². The molecule has 2 saturated heterocycles. The quantitative estimate of drug-likeness (QED) is 0.0960. The van der Waals surface area contributed by atoms with E-state index in [1.165, 1.54) is 51.4 Å². The Balaban J connectivity index is 1.81. The summed E-state index contributed by atoms with van der Waals surface area (Å²) in [4.78, 5) is 0. The molecule has 12 nitrogen and oxygen atoms in total. The molecule has 0 aromatic carbocycles. The minimum Gasteiger partial charge on any atom is -0.394 e. The minimum atomic E-state index is -1.87. The van der Waals surface area contributed by atoms with Crippen molar-refractivity contribution in [3.8, 4) is 0 Å². The maximum atomic E-state index is 10.6. The fraction of sp³-hybridized carbons (Fsp3) is 1.00. The highest BCUT2D eigenvalue weighted by Crippen LogP contribution is 2.32. The molecule has 38 heavy (non-hydrogen) atoms. The van der Waals surface area contributed by atoms with E-state index in [1.54, 1.807) is 0 Å². The van der Waals surface area contributed by atoms with Gasteiger partial charge in [0.2, 0.25) is 0 Å². The van der Waals surface area contributed by atoms with Crippen LogP contribution in [0.15, 0.2) is 0 Å². The first-order chi connectivity index (χ1) is 18.2. The van der Waals surface area contributed by atoms with Crippen LogP contribution < -0.4 is 5.32 Å². The molecule has 2 aliphatic rings. The molecule has 2 rings (SSSR count). The molecule has 0 spiro atoms. The monoisotopic (exact) mass is 553 g/mol. The van der Waals surface area contributed by atoms with E-state index in [0.29, 0.717) is 6.54 Å². The van der Waals surface area contributed by atoms with Crippen LogP contribution in [0.3, 0.4) is 0 Å². The van der Waals surface area contributed by atoms with Gasteiger partial charge in [-0.05, 0) is 13.0 Å². The summed E-state index contributed by atoms with van der Waals surface area (Å²) in [7, 11) is 0. The van der Waals surface area contributed by atoms with Gasteiger partial charge in [-0.15, -0.1) is 0 Å². The molecule has 12 heteroatoms. The van der Waals surface area contributed by atoms with Gasteiger partial charge in [0.05, 0.1) is 13.2 Å². The second-order valence-electron chi connectivity index (χ2n) is 10.6. The summed E-state index contributed by atoms with van der Waals surface area (Å²) in [6, 6.07) is 0. The number of hydrogen-bond donors (Lipinski definition) is 9. The van der Waals surface area contributed by atoms with Gasteiger partial charge in [0.1, 0.15) is 42.7 Å². The highest BCUT2D eigenvalue weighted by Gasteiger charge is 2.55. The average molecular weight is 554 g/mol. The van der Waals surface area contributed by atoms with Gasteiger partial charge in [0, 0.05) is 0 Å². The Bertz CT molecular complexity index is 630. The van der Waals surface area contributed by atoms with Crippen molar-refractivity contribution in [3.63, 3.8) is 0 Å². The van der Waals surface area contributed by atoms with Crippen LogP contribution in [0.25, 0.3) is 0 Å². The zero-order chi connectivity index (χ0) is 28.1. The first kappa shape index (κ1) is 33.7. The SMILES string of the molecule is CCCCCCCCCCCCCCN[C@]1(CO)O[C@H](O[C@H]2[C@H](O)[C@@H](O)[C@H](O)O[C@@H]2CO)[C@H](O)[C@@H](O)[C@H]1O. The molecule has 10 atom stereocenters. The second kappa shape index (κ2) is 17.4. The van der Waals surface area contributed by atoms with Crippen LogP contribution in [0, 0.1) is 0 Å². The summed E-state index contributed by atoms with van der Waals surface area (Å²) in [5.74, 6) is 0. The summed E-state index contributed by atoms with van der Waals surface area (Å²) in [5.41, 5.74) is -1.87. The van der Waals surface area contributed by atoms with E-state index in [-0.39, 0.29) is 0 Å². The molecule has 0 unspecified atom stereocenters.